The van der Waals surface area contributed by atoms with Gasteiger partial charge in [-0.1, -0.05) is 206 Å². The minimum atomic E-state index is -2.50. The van der Waals surface area contributed by atoms with E-state index in [0.29, 0.717) is 12.8 Å². The molecule has 0 aromatic rings. The molecular weight excluding hydrogens is 1800 g/mol. The molecule has 44 heteroatoms. The van der Waals surface area contributed by atoms with Crippen molar-refractivity contribution < 1.29 is 203 Å². The number of nitrogens with one attached hydrogen (secondary N) is 3. The van der Waals surface area contributed by atoms with Crippen molar-refractivity contribution in [1.82, 2.24) is 16.0 Å². The fourth-order valence-electron chi connectivity index (χ4n) is 18.7. The Morgan fingerprint density at radius 3 is 0.956 bits per heavy atom. The number of allylic oxidation sites excluding steroid dienone is 1. The summed E-state index contributed by atoms with van der Waals surface area (Å²) >= 11 is 0. The summed E-state index contributed by atoms with van der Waals surface area (Å²) in [6, 6.07) is -5.16. The van der Waals surface area contributed by atoms with Gasteiger partial charge in [-0.2, -0.15) is 0 Å². The average Bonchev–Trinajstić information content (AvgIpc) is 0.754. The van der Waals surface area contributed by atoms with Crippen LogP contribution >= 0.6 is 0 Å². The van der Waals surface area contributed by atoms with Gasteiger partial charge in [0, 0.05) is 20.3 Å². The Hall–Kier alpha value is -3.37. The highest BCUT2D eigenvalue weighted by Crippen LogP contribution is 2.41. The zero-order valence-corrected chi connectivity index (χ0v) is 79.6. The Morgan fingerprint density at radius 1 is 0.301 bits per heavy atom. The number of unbranched alkanes of at least 4 members (excludes halogenated alkanes) is 29. The van der Waals surface area contributed by atoms with E-state index < -0.39 is 316 Å². The van der Waals surface area contributed by atoms with Gasteiger partial charge in [0.05, 0.1) is 70.6 Å². The minimum Gasteiger partial charge on any atom is -0.394 e. The van der Waals surface area contributed by atoms with Gasteiger partial charge in [-0.05, 0) is 33.1 Å². The summed E-state index contributed by atoms with van der Waals surface area (Å²) in [5.74, 6) is -2.33. The quantitative estimate of drug-likeness (QED) is 0.0211. The normalized spacial score (nSPS) is 39.6. The highest BCUT2D eigenvalue weighted by Gasteiger charge is 2.62. The van der Waals surface area contributed by atoms with Crippen LogP contribution in [0.2, 0.25) is 0 Å². The van der Waals surface area contributed by atoms with Crippen LogP contribution in [0.3, 0.4) is 0 Å². The first-order valence-electron chi connectivity index (χ1n) is 49.7. The topological polar surface area (TPSA) is 680 Å². The number of hydrogen-bond acceptors (Lipinski definition) is 41. The van der Waals surface area contributed by atoms with E-state index >= 15 is 0 Å². The van der Waals surface area contributed by atoms with Crippen molar-refractivity contribution in [3.63, 3.8) is 0 Å². The molecule has 0 radical (unpaired) electrons. The lowest BCUT2D eigenvalue weighted by atomic mass is 9.93. The predicted octanol–water partition coefficient (Wildman–Crippen LogP) is -3.16. The first-order valence-corrected chi connectivity index (χ1v) is 49.7. The van der Waals surface area contributed by atoms with Crippen molar-refractivity contribution in [1.29, 1.82) is 0 Å². The molecule has 0 saturated carbocycles. The first kappa shape index (κ1) is 118. The number of ether oxygens (including phenoxy) is 16. The van der Waals surface area contributed by atoms with E-state index in [1.54, 1.807) is 6.08 Å². The van der Waals surface area contributed by atoms with Gasteiger partial charge in [-0.25, -0.2) is 0 Å². The lowest BCUT2D eigenvalue weighted by Gasteiger charge is -2.52. The van der Waals surface area contributed by atoms with Crippen LogP contribution in [0.5, 0.6) is 0 Å². The molecule has 16 unspecified atom stereocenters. The maximum atomic E-state index is 13.8. The zero-order chi connectivity index (χ0) is 99.4. The van der Waals surface area contributed by atoms with Gasteiger partial charge < -0.3 is 204 Å². The number of hydrogen-bond donors (Lipinski definition) is 25. The first-order chi connectivity index (χ1) is 65.2. The molecule has 8 heterocycles. The largest absolute Gasteiger partial charge is 0.394 e. The molecule has 8 rings (SSSR count). The van der Waals surface area contributed by atoms with Gasteiger partial charge in [0.1, 0.15) is 183 Å². The third-order valence-corrected chi connectivity index (χ3v) is 26.9. The van der Waals surface area contributed by atoms with E-state index in [4.69, 9.17) is 75.8 Å². The maximum absolute atomic E-state index is 13.8. The van der Waals surface area contributed by atoms with E-state index in [9.17, 15) is 127 Å². The molecule has 0 spiro atoms. The SMILES string of the molecule is CCCCCCCCCCCCC/C=C/[C@@H](O)[C@H](CO[C@@H]1OC(CO)[C@@H](O[C@@H]2OC(CO)[C@H](O)[C@H](O[C@@H]3OC(CO)[C@@H](O[C@H]4OC(C)[C@@H](O)C(O)[C@@H]4O)[C@H](O[C@@H]4OC(CO)[C@H](O)[C@H](O[C@@H]5OC(CO)[C@@H](O[C@H]6OC(C)[C@@H](O)C(O)[C@@H]6O)[C@H](O[C@@H]6OC(CO)[C@H](O)[C@H](O)C6O)C5NC(C)=O)C4O)C3NC(C)=O)C2O)[C@H](O)C1O)NC(=O)CCCCCCCCCCCCCCCCCCCCC. The van der Waals surface area contributed by atoms with Crippen molar-refractivity contribution >= 4 is 17.7 Å². The average molecular weight is 1970 g/mol. The fourth-order valence-corrected chi connectivity index (χ4v) is 18.7. The number of rotatable bonds is 60. The molecule has 8 aliphatic rings. The smallest absolute Gasteiger partial charge is 0.220 e. The van der Waals surface area contributed by atoms with Crippen molar-refractivity contribution in [2.75, 3.05) is 46.2 Å². The number of aliphatic hydroxyl groups is 22. The molecule has 0 bridgehead atoms. The third-order valence-electron chi connectivity index (χ3n) is 26.9. The number of aliphatic hydroxyl groups excluding tert-OH is 22. The third kappa shape index (κ3) is 34.1. The van der Waals surface area contributed by atoms with Crippen LogP contribution in [-0.4, -0.2) is 434 Å². The second-order valence-corrected chi connectivity index (χ2v) is 37.7. The van der Waals surface area contributed by atoms with E-state index in [0.717, 1.165) is 71.6 Å². The van der Waals surface area contributed by atoms with Crippen LogP contribution < -0.4 is 16.0 Å². The summed E-state index contributed by atoms with van der Waals surface area (Å²) in [5, 5.41) is 258. The molecule has 44 nitrogen and oxygen atoms in total. The lowest BCUT2D eigenvalue weighted by molar-refractivity contribution is -0.399. The van der Waals surface area contributed by atoms with Crippen LogP contribution in [-0.2, 0) is 90.2 Å². The molecule has 8 aliphatic heterocycles. The van der Waals surface area contributed by atoms with Gasteiger partial charge in [0.2, 0.25) is 17.7 Å². The Balaban J connectivity index is 0.998. The predicted molar refractivity (Wildman–Crippen MR) is 475 cm³/mol. The standard InChI is InChI=1S/C92H165N3O41/c1-7-9-11-13-15-17-19-21-22-23-24-25-26-28-30-32-34-36-38-40-60(105)95-52(53(104)39-37-35-33-31-29-27-20-18-16-14-12-10-8-2)47-121-87-75(118)71(114)78(57(44-99)129-87)130-91-76(119)83(66(109)55(42-97)125-91)135-86-62(94-51(6)103)82(80(59(46-101)128-86)132-89-73(116)69(112)64(107)49(4)123-89)134-92-77(120)84(67(110)56(43-98)126-92)136-85-61(93-50(5)102)81(133-90-74(117)70(113)65(108)54(41-96)124-90)79(58(45-100)127-85)131-88-72(115)68(111)63(106)48(3)122-88/h37,39,48-49,52-59,61-92,96-101,104,106-120H,7-36,38,40-47H2,1-6H3,(H,93,102)(H,94,103)(H,95,105)/b39-37+/t48?,49?,52-,53+,54?,55?,56?,57?,58?,59?,61?,62?,63+,64+,65-,66-,67-,68?,69?,70-,71+,72-,73-,74?,75?,76?,77?,78+,79+,80+,81+,82+,83-,84-,85-,86-,87+,88+,89+,90-,91-,92-/m0/s1. The minimum absolute atomic E-state index is 0.138. The summed E-state index contributed by atoms with van der Waals surface area (Å²) < 4.78 is 97.9. The van der Waals surface area contributed by atoms with E-state index in [1.807, 2.05) is 6.08 Å². The number of carbonyl (C=O) groups excluding carboxylic acids is 3. The molecule has 136 heavy (non-hydrogen) atoms. The molecule has 0 aliphatic carbocycles. The van der Waals surface area contributed by atoms with Crippen LogP contribution in [0.1, 0.15) is 247 Å². The van der Waals surface area contributed by atoms with Crippen molar-refractivity contribution in [2.45, 2.75) is 505 Å². The number of amides is 3. The van der Waals surface area contributed by atoms with Gasteiger partial charge in [-0.15, -0.1) is 0 Å². The monoisotopic (exact) mass is 1970 g/mol. The summed E-state index contributed by atoms with van der Waals surface area (Å²) in [6.07, 6.45) is -38.6. The van der Waals surface area contributed by atoms with Crippen LogP contribution in [0.4, 0.5) is 0 Å². The van der Waals surface area contributed by atoms with E-state index in [-0.39, 0.29) is 12.3 Å². The van der Waals surface area contributed by atoms with Gasteiger partial charge in [0.25, 0.3) is 0 Å². The molecule has 0 aromatic carbocycles. The van der Waals surface area contributed by atoms with Gasteiger partial charge in [-0.3, -0.25) is 14.4 Å². The second kappa shape index (κ2) is 61.2. The van der Waals surface area contributed by atoms with E-state index in [2.05, 4.69) is 29.8 Å². The Bertz CT molecular complexity index is 3300. The Labute approximate surface area is 796 Å². The molecule has 8 saturated heterocycles. The van der Waals surface area contributed by atoms with Gasteiger partial charge in [0.15, 0.2) is 50.3 Å². The maximum Gasteiger partial charge on any atom is 0.220 e. The summed E-state index contributed by atoms with van der Waals surface area (Å²) in [6.45, 7) is 1.75. The highest BCUT2D eigenvalue weighted by molar-refractivity contribution is 5.76. The van der Waals surface area contributed by atoms with Crippen molar-refractivity contribution in [3.8, 4) is 0 Å². The van der Waals surface area contributed by atoms with Crippen LogP contribution in [0, 0.1) is 0 Å². The second-order valence-electron chi connectivity index (χ2n) is 37.7. The van der Waals surface area contributed by atoms with Crippen molar-refractivity contribution in [3.05, 3.63) is 12.2 Å². The molecule has 3 amide bonds. The summed E-state index contributed by atoms with van der Waals surface area (Å²) in [7, 11) is 0. The summed E-state index contributed by atoms with van der Waals surface area (Å²) in [5.41, 5.74) is 0. The molecule has 794 valence electrons. The van der Waals surface area contributed by atoms with E-state index in [1.165, 1.54) is 142 Å². The molecule has 25 N–H and O–H groups in total. The van der Waals surface area contributed by atoms with Gasteiger partial charge >= 0.3 is 0 Å². The Morgan fingerprint density at radius 2 is 0.588 bits per heavy atom. The molecular formula is C92H165N3O41. The molecule has 8 fully saturated rings. The molecule has 42 atom stereocenters. The fraction of sp³-hybridized carbons (Fsp3) is 0.946. The summed E-state index contributed by atoms with van der Waals surface area (Å²) in [4.78, 5) is 41.0. The van der Waals surface area contributed by atoms with Crippen LogP contribution in [0.25, 0.3) is 0 Å². The Kier molecular flexibility index (Phi) is 53.0. The van der Waals surface area contributed by atoms with Crippen molar-refractivity contribution in [2.24, 2.45) is 0 Å². The highest BCUT2D eigenvalue weighted by atomic mass is 16.8. The number of carbonyl (C=O) groups is 3. The lowest BCUT2D eigenvalue weighted by Crippen LogP contribution is -2.72. The zero-order valence-electron chi connectivity index (χ0n) is 79.6. The molecule has 0 aromatic heterocycles. The van der Waals surface area contributed by atoms with Crippen LogP contribution in [0.15, 0.2) is 12.2 Å².